The number of fused-ring (bicyclic) bond motifs is 1. The number of nitrogens with zero attached hydrogens (tertiary/aromatic N) is 2. The minimum Gasteiger partial charge on any atom is -0.507 e. The molecule has 164 valence electrons. The van der Waals surface area contributed by atoms with Crippen LogP contribution in [0.3, 0.4) is 0 Å². The van der Waals surface area contributed by atoms with Crippen molar-refractivity contribution < 1.29 is 32.9 Å². The van der Waals surface area contributed by atoms with E-state index in [9.17, 15) is 23.9 Å². The number of hydrogen-bond donors (Lipinski definition) is 2. The third-order valence-corrected chi connectivity index (χ3v) is 4.19. The van der Waals surface area contributed by atoms with Crippen molar-refractivity contribution in [3.63, 3.8) is 0 Å². The number of alkyl halides is 2. The van der Waals surface area contributed by atoms with E-state index in [-0.39, 0.29) is 22.9 Å². The molecule has 2 N–H and O–H groups in total. The summed E-state index contributed by atoms with van der Waals surface area (Å²) in [5, 5.41) is 19.6. The topological polar surface area (TPSA) is 117 Å². The summed E-state index contributed by atoms with van der Waals surface area (Å²) < 4.78 is 39.0. The smallest absolute Gasteiger partial charge is 0.387 e. The number of rotatable bonds is 8. The van der Waals surface area contributed by atoms with Crippen molar-refractivity contribution in [1.29, 1.82) is 5.26 Å². The number of para-hydroxylation sites is 2. The predicted molar refractivity (Wildman–Crippen MR) is 111 cm³/mol. The van der Waals surface area contributed by atoms with Gasteiger partial charge in [-0.2, -0.15) is 14.0 Å². The van der Waals surface area contributed by atoms with Crippen LogP contribution in [0, 0.1) is 11.3 Å². The minimum atomic E-state index is -3.00. The van der Waals surface area contributed by atoms with Gasteiger partial charge in [-0.25, -0.2) is 9.78 Å². The number of methoxy groups -OCH3 is 1. The maximum atomic E-state index is 12.4. The van der Waals surface area contributed by atoms with Crippen LogP contribution in [0.5, 0.6) is 11.5 Å². The van der Waals surface area contributed by atoms with Crippen LogP contribution >= 0.6 is 0 Å². The molecule has 0 unspecified atom stereocenters. The lowest BCUT2D eigenvalue weighted by Gasteiger charge is -2.10. The standard InChI is InChI=1S/C22H17F2N3O5/c1-30-19-10-13(6-8-18(19)32-22(23)24)7-9-20(29)31-12-17(28)14(11-25)21-26-15-4-2-3-5-16(15)27-21/h2-10,22,28H,12H2,1H3,(H,26,27)/b9-7?,17-14-. The molecule has 0 saturated carbocycles. The number of aromatic amines is 1. The van der Waals surface area contributed by atoms with E-state index >= 15 is 0 Å². The van der Waals surface area contributed by atoms with Crippen LogP contribution in [0.4, 0.5) is 8.78 Å². The molecule has 0 radical (unpaired) electrons. The molecule has 0 saturated heterocycles. The number of halogens is 2. The quantitative estimate of drug-likeness (QED) is 0.233. The molecular formula is C22H17F2N3O5. The molecule has 0 amide bonds. The van der Waals surface area contributed by atoms with Gasteiger partial charge < -0.3 is 24.3 Å². The zero-order valence-electron chi connectivity index (χ0n) is 16.7. The first-order valence-electron chi connectivity index (χ1n) is 9.16. The highest BCUT2D eigenvalue weighted by molar-refractivity contribution is 5.87. The van der Waals surface area contributed by atoms with Gasteiger partial charge in [0.1, 0.15) is 18.2 Å². The average Bonchev–Trinajstić information content (AvgIpc) is 3.20. The van der Waals surface area contributed by atoms with Crippen LogP contribution in [0.2, 0.25) is 0 Å². The summed E-state index contributed by atoms with van der Waals surface area (Å²) >= 11 is 0. The van der Waals surface area contributed by atoms with Gasteiger partial charge in [0, 0.05) is 6.08 Å². The average molecular weight is 441 g/mol. The Kier molecular flexibility index (Phi) is 7.02. The Balaban J connectivity index is 1.66. The monoisotopic (exact) mass is 441 g/mol. The molecule has 0 aliphatic heterocycles. The number of allylic oxidation sites excluding steroid dienone is 1. The molecule has 0 aliphatic carbocycles. The summed E-state index contributed by atoms with van der Waals surface area (Å²) in [6.07, 6.45) is 2.44. The highest BCUT2D eigenvalue weighted by Gasteiger charge is 2.14. The zero-order chi connectivity index (χ0) is 23.1. The number of aliphatic hydroxyl groups is 1. The highest BCUT2D eigenvalue weighted by Crippen LogP contribution is 2.29. The largest absolute Gasteiger partial charge is 0.507 e. The Morgan fingerprint density at radius 3 is 2.75 bits per heavy atom. The second kappa shape index (κ2) is 10.1. The number of carbonyl (C=O) groups is 1. The third-order valence-electron chi connectivity index (χ3n) is 4.19. The van der Waals surface area contributed by atoms with Crippen molar-refractivity contribution in [3.8, 4) is 17.6 Å². The van der Waals surface area contributed by atoms with Gasteiger partial charge in [-0.3, -0.25) is 0 Å². The number of aliphatic hydroxyl groups excluding tert-OH is 1. The fraction of sp³-hybridized carbons (Fsp3) is 0.136. The lowest BCUT2D eigenvalue weighted by Crippen LogP contribution is -2.06. The Bertz CT molecular complexity index is 1190. The van der Waals surface area contributed by atoms with Crippen molar-refractivity contribution in [2.24, 2.45) is 0 Å². The van der Waals surface area contributed by atoms with Gasteiger partial charge in [0.25, 0.3) is 0 Å². The first-order valence-corrected chi connectivity index (χ1v) is 9.16. The summed E-state index contributed by atoms with van der Waals surface area (Å²) in [5.41, 5.74) is 1.60. The van der Waals surface area contributed by atoms with Crippen LogP contribution < -0.4 is 9.47 Å². The molecule has 1 aromatic heterocycles. The molecular weight excluding hydrogens is 424 g/mol. The van der Waals surface area contributed by atoms with Gasteiger partial charge in [0.15, 0.2) is 23.1 Å². The van der Waals surface area contributed by atoms with E-state index in [0.717, 1.165) is 6.08 Å². The van der Waals surface area contributed by atoms with Crippen LogP contribution in [0.1, 0.15) is 11.4 Å². The van der Waals surface area contributed by atoms with Gasteiger partial charge >= 0.3 is 12.6 Å². The molecule has 10 heteroatoms. The molecule has 0 spiro atoms. The van der Waals surface area contributed by atoms with Crippen molar-refractivity contribution >= 4 is 28.7 Å². The maximum absolute atomic E-state index is 12.4. The number of H-pyrrole nitrogens is 1. The van der Waals surface area contributed by atoms with Gasteiger partial charge in [-0.1, -0.05) is 18.2 Å². The number of aromatic nitrogens is 2. The second-order valence-corrected chi connectivity index (χ2v) is 6.27. The number of hydrogen-bond acceptors (Lipinski definition) is 7. The normalized spacial score (nSPS) is 12.0. The molecule has 1 heterocycles. The van der Waals surface area contributed by atoms with E-state index in [0.29, 0.717) is 16.6 Å². The SMILES string of the molecule is COc1cc(C=CC(=O)OC/C(O)=C(\C#N)c2nc3ccccc3[nH]2)ccc1OC(F)F. The Morgan fingerprint density at radius 1 is 1.28 bits per heavy atom. The highest BCUT2D eigenvalue weighted by atomic mass is 19.3. The van der Waals surface area contributed by atoms with Gasteiger partial charge in [-0.15, -0.1) is 0 Å². The number of nitriles is 1. The summed E-state index contributed by atoms with van der Waals surface area (Å²) in [6.45, 7) is -3.55. The van der Waals surface area contributed by atoms with E-state index in [2.05, 4.69) is 14.7 Å². The van der Waals surface area contributed by atoms with E-state index < -0.39 is 24.9 Å². The number of benzene rings is 2. The number of ether oxygens (including phenoxy) is 3. The van der Waals surface area contributed by atoms with Gasteiger partial charge in [-0.05, 0) is 35.9 Å². The molecule has 0 bridgehead atoms. The molecule has 3 rings (SSSR count). The van der Waals surface area contributed by atoms with Crippen LogP contribution in [0.25, 0.3) is 22.7 Å². The first-order chi connectivity index (χ1) is 15.4. The van der Waals surface area contributed by atoms with Crippen LogP contribution in [0.15, 0.2) is 54.3 Å². The van der Waals surface area contributed by atoms with Crippen LogP contribution in [-0.2, 0) is 9.53 Å². The fourth-order valence-corrected chi connectivity index (χ4v) is 2.73. The van der Waals surface area contributed by atoms with Crippen molar-refractivity contribution in [2.45, 2.75) is 6.61 Å². The van der Waals surface area contributed by atoms with Crippen molar-refractivity contribution in [1.82, 2.24) is 9.97 Å². The summed E-state index contributed by atoms with van der Waals surface area (Å²) in [4.78, 5) is 19.1. The number of nitrogens with one attached hydrogen (secondary N) is 1. The molecule has 3 aromatic rings. The van der Waals surface area contributed by atoms with E-state index in [1.807, 2.05) is 6.07 Å². The third kappa shape index (κ3) is 5.40. The maximum Gasteiger partial charge on any atom is 0.387 e. The zero-order valence-corrected chi connectivity index (χ0v) is 16.7. The first kappa shape index (κ1) is 22.3. The lowest BCUT2D eigenvalue weighted by molar-refractivity contribution is -0.137. The fourth-order valence-electron chi connectivity index (χ4n) is 2.73. The van der Waals surface area contributed by atoms with E-state index in [1.54, 1.807) is 24.3 Å². The number of imidazole rings is 1. The number of esters is 1. The Morgan fingerprint density at radius 2 is 2.06 bits per heavy atom. The predicted octanol–water partition coefficient (Wildman–Crippen LogP) is 4.22. The van der Waals surface area contributed by atoms with E-state index in [1.165, 1.54) is 31.4 Å². The van der Waals surface area contributed by atoms with Crippen molar-refractivity contribution in [2.75, 3.05) is 13.7 Å². The van der Waals surface area contributed by atoms with Gasteiger partial charge in [0.05, 0.1) is 18.1 Å². The molecule has 8 nitrogen and oxygen atoms in total. The molecule has 0 aliphatic rings. The molecule has 0 fully saturated rings. The van der Waals surface area contributed by atoms with Crippen molar-refractivity contribution in [3.05, 3.63) is 65.7 Å². The molecule has 32 heavy (non-hydrogen) atoms. The van der Waals surface area contributed by atoms with Crippen LogP contribution in [-0.4, -0.2) is 41.4 Å². The number of carbonyl (C=O) groups excluding carboxylic acids is 1. The summed E-state index contributed by atoms with van der Waals surface area (Å²) in [5.74, 6) is -1.21. The Hall–Kier alpha value is -4.39. The molecule has 0 atom stereocenters. The second-order valence-electron chi connectivity index (χ2n) is 6.27. The van der Waals surface area contributed by atoms with Gasteiger partial charge in [0.2, 0.25) is 0 Å². The Labute approximate surface area is 181 Å². The summed E-state index contributed by atoms with van der Waals surface area (Å²) in [6, 6.07) is 13.0. The molecule has 2 aromatic carbocycles. The summed E-state index contributed by atoms with van der Waals surface area (Å²) in [7, 11) is 1.29. The lowest BCUT2D eigenvalue weighted by atomic mass is 10.2. The van der Waals surface area contributed by atoms with E-state index in [4.69, 9.17) is 9.47 Å². The minimum absolute atomic E-state index is 0.0610.